The van der Waals surface area contributed by atoms with Crippen molar-refractivity contribution < 1.29 is 24.6 Å². The van der Waals surface area contributed by atoms with Gasteiger partial charge >= 0.3 is 12.0 Å². The van der Waals surface area contributed by atoms with E-state index in [1.165, 1.54) is 0 Å². The van der Waals surface area contributed by atoms with Gasteiger partial charge in [0.15, 0.2) is 0 Å². The van der Waals surface area contributed by atoms with Crippen LogP contribution in [0.1, 0.15) is 20.3 Å². The molecule has 0 aliphatic rings. The van der Waals surface area contributed by atoms with Gasteiger partial charge in [-0.05, 0) is 5.92 Å². The summed E-state index contributed by atoms with van der Waals surface area (Å²) in [6, 6.07) is -3.20. The lowest BCUT2D eigenvalue weighted by Gasteiger charge is -2.24. The Morgan fingerprint density at radius 2 is 1.83 bits per heavy atom. The summed E-state index contributed by atoms with van der Waals surface area (Å²) in [6.45, 7) is 2.80. The van der Waals surface area contributed by atoms with Crippen molar-refractivity contribution in [1.29, 1.82) is 0 Å². The molecular weight excluding hydrogens is 242 g/mol. The van der Waals surface area contributed by atoms with Gasteiger partial charge in [0.25, 0.3) is 0 Å². The van der Waals surface area contributed by atoms with E-state index in [4.69, 9.17) is 15.9 Å². The Morgan fingerprint density at radius 1 is 1.28 bits per heavy atom. The summed E-state index contributed by atoms with van der Waals surface area (Å²) in [6.07, 6.45) is 0.592. The Bertz CT molecular complexity index is 321. The molecule has 0 rings (SSSR count). The molecule has 0 heterocycles. The fraction of sp³-hybridized carbons (Fsp3) is 0.700. The second kappa shape index (κ2) is 7.49. The number of nitrogens with one attached hydrogen (secondary N) is 2. The van der Waals surface area contributed by atoms with Crippen LogP contribution in [-0.2, 0) is 9.59 Å². The second-order valence-electron chi connectivity index (χ2n) is 3.95. The minimum atomic E-state index is -1.40. The molecule has 0 bridgehead atoms. The Morgan fingerprint density at radius 3 is 2.17 bits per heavy atom. The number of aliphatic hydroxyl groups is 1. The van der Waals surface area contributed by atoms with Gasteiger partial charge in [-0.3, -0.25) is 4.79 Å². The number of carboxylic acid groups (broad SMARTS) is 1. The SMILES string of the molecule is CCC(C)C(NC(N)=O)C(=O)N[C@@H](CO)C(=O)O. The van der Waals surface area contributed by atoms with Crippen LogP contribution < -0.4 is 16.4 Å². The van der Waals surface area contributed by atoms with E-state index in [1.807, 2.05) is 6.92 Å². The maximum atomic E-state index is 11.8. The van der Waals surface area contributed by atoms with E-state index in [0.29, 0.717) is 6.42 Å². The first-order valence-electron chi connectivity index (χ1n) is 5.53. The molecular formula is C10H19N3O5. The quantitative estimate of drug-likeness (QED) is 0.384. The van der Waals surface area contributed by atoms with E-state index in [1.54, 1.807) is 6.92 Å². The minimum Gasteiger partial charge on any atom is -0.480 e. The average Bonchev–Trinajstić information content (AvgIpc) is 2.30. The Labute approximate surface area is 105 Å². The van der Waals surface area contributed by atoms with Crippen LogP contribution in [0.3, 0.4) is 0 Å². The zero-order valence-corrected chi connectivity index (χ0v) is 10.3. The molecule has 0 aliphatic heterocycles. The van der Waals surface area contributed by atoms with Crippen molar-refractivity contribution >= 4 is 17.9 Å². The Balaban J connectivity index is 4.74. The topological polar surface area (TPSA) is 142 Å². The van der Waals surface area contributed by atoms with E-state index in [2.05, 4.69) is 10.6 Å². The van der Waals surface area contributed by atoms with Crippen molar-refractivity contribution in [3.8, 4) is 0 Å². The van der Waals surface area contributed by atoms with Crippen LogP contribution in [0.25, 0.3) is 0 Å². The number of rotatable bonds is 7. The van der Waals surface area contributed by atoms with Crippen LogP contribution in [0.5, 0.6) is 0 Å². The molecule has 8 heteroatoms. The van der Waals surface area contributed by atoms with Gasteiger partial charge in [-0.2, -0.15) is 0 Å². The van der Waals surface area contributed by atoms with Crippen LogP contribution in [0.4, 0.5) is 4.79 Å². The molecule has 0 spiro atoms. The van der Waals surface area contributed by atoms with Crippen molar-refractivity contribution in [2.75, 3.05) is 6.61 Å². The molecule has 3 amide bonds. The zero-order chi connectivity index (χ0) is 14.3. The number of carboxylic acids is 1. The molecule has 18 heavy (non-hydrogen) atoms. The average molecular weight is 261 g/mol. The molecule has 6 N–H and O–H groups in total. The smallest absolute Gasteiger partial charge is 0.328 e. The standard InChI is InChI=1S/C10H19N3O5/c1-3-5(2)7(13-10(11)18)8(15)12-6(4-14)9(16)17/h5-7,14H,3-4H2,1-2H3,(H,12,15)(H,16,17)(H3,11,13,18)/t5?,6-,7?/m0/s1. The van der Waals surface area contributed by atoms with E-state index in [9.17, 15) is 14.4 Å². The van der Waals surface area contributed by atoms with E-state index >= 15 is 0 Å². The molecule has 104 valence electrons. The van der Waals surface area contributed by atoms with Crippen LogP contribution >= 0.6 is 0 Å². The van der Waals surface area contributed by atoms with Gasteiger partial charge < -0.3 is 26.6 Å². The summed E-state index contributed by atoms with van der Waals surface area (Å²) in [7, 11) is 0. The number of aliphatic hydroxyl groups excluding tert-OH is 1. The normalized spacial score (nSPS) is 15.3. The summed E-state index contributed by atoms with van der Waals surface area (Å²) < 4.78 is 0. The van der Waals surface area contributed by atoms with Crippen molar-refractivity contribution in [3.63, 3.8) is 0 Å². The van der Waals surface area contributed by atoms with Crippen molar-refractivity contribution in [1.82, 2.24) is 10.6 Å². The fourth-order valence-corrected chi connectivity index (χ4v) is 1.30. The number of nitrogens with two attached hydrogens (primary N) is 1. The van der Waals surface area contributed by atoms with Gasteiger partial charge in [0.05, 0.1) is 6.61 Å². The monoisotopic (exact) mass is 261 g/mol. The molecule has 0 saturated carbocycles. The zero-order valence-electron chi connectivity index (χ0n) is 10.3. The van der Waals surface area contributed by atoms with E-state index in [-0.39, 0.29) is 5.92 Å². The number of amides is 3. The second-order valence-corrected chi connectivity index (χ2v) is 3.95. The summed E-state index contributed by atoms with van der Waals surface area (Å²) >= 11 is 0. The summed E-state index contributed by atoms with van der Waals surface area (Å²) in [5, 5.41) is 21.9. The number of urea groups is 1. The van der Waals surface area contributed by atoms with Crippen LogP contribution in [0.15, 0.2) is 0 Å². The van der Waals surface area contributed by atoms with Gasteiger partial charge in [-0.1, -0.05) is 20.3 Å². The maximum Gasteiger partial charge on any atom is 0.328 e. The predicted octanol–water partition coefficient (Wildman–Crippen LogP) is -1.37. The highest BCUT2D eigenvalue weighted by Gasteiger charge is 2.28. The van der Waals surface area contributed by atoms with Crippen molar-refractivity contribution in [2.45, 2.75) is 32.4 Å². The van der Waals surface area contributed by atoms with Gasteiger partial charge in [0.2, 0.25) is 5.91 Å². The highest BCUT2D eigenvalue weighted by Crippen LogP contribution is 2.08. The molecule has 0 aromatic rings. The number of hydrogen-bond donors (Lipinski definition) is 5. The number of aliphatic carboxylic acids is 1. The van der Waals surface area contributed by atoms with E-state index < -0.39 is 36.6 Å². The molecule has 0 saturated heterocycles. The third-order valence-electron chi connectivity index (χ3n) is 2.59. The molecule has 2 unspecified atom stereocenters. The molecule has 0 radical (unpaired) electrons. The highest BCUT2D eigenvalue weighted by molar-refractivity contribution is 5.90. The summed E-state index contributed by atoms with van der Waals surface area (Å²) in [4.78, 5) is 33.2. The largest absolute Gasteiger partial charge is 0.480 e. The molecule has 3 atom stereocenters. The number of carbonyl (C=O) groups is 3. The first-order chi connectivity index (χ1) is 8.33. The Kier molecular flexibility index (Phi) is 6.73. The minimum absolute atomic E-state index is 0.217. The number of primary amides is 1. The first-order valence-corrected chi connectivity index (χ1v) is 5.53. The third-order valence-corrected chi connectivity index (χ3v) is 2.59. The third kappa shape index (κ3) is 5.00. The molecule has 0 aromatic carbocycles. The molecule has 0 aromatic heterocycles. The summed E-state index contributed by atoms with van der Waals surface area (Å²) in [5.41, 5.74) is 4.95. The molecule has 8 nitrogen and oxygen atoms in total. The lowest BCUT2D eigenvalue weighted by molar-refractivity contribution is -0.143. The van der Waals surface area contributed by atoms with Crippen LogP contribution in [0, 0.1) is 5.92 Å². The van der Waals surface area contributed by atoms with Gasteiger partial charge in [0.1, 0.15) is 12.1 Å². The maximum absolute atomic E-state index is 11.8. The Hall–Kier alpha value is -1.83. The van der Waals surface area contributed by atoms with Crippen molar-refractivity contribution in [2.24, 2.45) is 11.7 Å². The van der Waals surface area contributed by atoms with E-state index in [0.717, 1.165) is 0 Å². The van der Waals surface area contributed by atoms with Gasteiger partial charge in [-0.25, -0.2) is 9.59 Å². The first kappa shape index (κ1) is 16.2. The number of hydrogen-bond acceptors (Lipinski definition) is 4. The van der Waals surface area contributed by atoms with Gasteiger partial charge in [-0.15, -0.1) is 0 Å². The van der Waals surface area contributed by atoms with Gasteiger partial charge in [0, 0.05) is 0 Å². The molecule has 0 fully saturated rings. The fourth-order valence-electron chi connectivity index (χ4n) is 1.30. The molecule has 0 aliphatic carbocycles. The van der Waals surface area contributed by atoms with Crippen LogP contribution in [0.2, 0.25) is 0 Å². The predicted molar refractivity (Wildman–Crippen MR) is 62.6 cm³/mol. The number of carbonyl (C=O) groups excluding carboxylic acids is 2. The van der Waals surface area contributed by atoms with Crippen LogP contribution in [-0.4, -0.2) is 46.8 Å². The lowest BCUT2D eigenvalue weighted by Crippen LogP contribution is -2.55. The lowest BCUT2D eigenvalue weighted by atomic mass is 9.98. The summed E-state index contributed by atoms with van der Waals surface area (Å²) in [5.74, 6) is -2.26. The highest BCUT2D eigenvalue weighted by atomic mass is 16.4. The van der Waals surface area contributed by atoms with Crippen molar-refractivity contribution in [3.05, 3.63) is 0 Å².